The molecular weight excluding hydrogens is 242 g/mol. The molecule has 0 saturated heterocycles. The number of nitrogens with two attached hydrogens (primary N) is 1. The molecule has 0 unspecified atom stereocenters. The van der Waals surface area contributed by atoms with Gasteiger partial charge in [-0.1, -0.05) is 0 Å². The van der Waals surface area contributed by atoms with Crippen LogP contribution in [0.2, 0.25) is 0 Å². The van der Waals surface area contributed by atoms with Crippen LogP contribution < -0.4 is 11.1 Å². The summed E-state index contributed by atoms with van der Waals surface area (Å²) in [6.45, 7) is 3.04. The Hall–Kier alpha value is -0.970. The molecule has 0 atom stereocenters. The number of hydrogen-bond acceptors (Lipinski definition) is 3. The van der Waals surface area contributed by atoms with Crippen LogP contribution in [-0.2, 0) is 9.53 Å². The van der Waals surface area contributed by atoms with E-state index in [1.165, 1.54) is 0 Å². The topological polar surface area (TPSA) is 88.2 Å². The van der Waals surface area contributed by atoms with Crippen molar-refractivity contribution in [1.29, 1.82) is 5.41 Å². The van der Waals surface area contributed by atoms with E-state index in [0.717, 1.165) is 32.2 Å². The maximum Gasteiger partial charge on any atom is 0.308 e. The van der Waals surface area contributed by atoms with E-state index < -0.39 is 0 Å². The number of guanidine groups is 1. The molecule has 1 fully saturated rings. The zero-order valence-electron chi connectivity index (χ0n) is 10.2. The van der Waals surface area contributed by atoms with Gasteiger partial charge in [0.1, 0.15) is 0 Å². The molecule has 0 spiro atoms. The Morgan fingerprint density at radius 2 is 2.00 bits per heavy atom. The second-order valence-electron chi connectivity index (χ2n) is 4.26. The predicted octanol–water partition coefficient (Wildman–Crippen LogP) is 1.26. The van der Waals surface area contributed by atoms with E-state index in [9.17, 15) is 4.79 Å². The minimum atomic E-state index is -0.0551. The van der Waals surface area contributed by atoms with E-state index in [-0.39, 0.29) is 30.3 Å². The van der Waals surface area contributed by atoms with Gasteiger partial charge in [0.05, 0.1) is 12.5 Å². The molecule has 0 amide bonds. The van der Waals surface area contributed by atoms with Gasteiger partial charge in [0, 0.05) is 6.54 Å². The third kappa shape index (κ3) is 5.77. The highest BCUT2D eigenvalue weighted by Crippen LogP contribution is 2.29. The van der Waals surface area contributed by atoms with Gasteiger partial charge in [-0.05, 0) is 38.5 Å². The number of carbonyl (C=O) groups excluding carboxylic acids is 1. The van der Waals surface area contributed by atoms with Crippen molar-refractivity contribution in [3.63, 3.8) is 0 Å². The van der Waals surface area contributed by atoms with Gasteiger partial charge in [-0.3, -0.25) is 10.2 Å². The number of hydrogen-bond donors (Lipinski definition) is 3. The van der Waals surface area contributed by atoms with Crippen LogP contribution >= 0.6 is 12.4 Å². The lowest BCUT2D eigenvalue weighted by molar-refractivity contribution is -0.149. The lowest BCUT2D eigenvalue weighted by Crippen LogP contribution is -2.36. The molecular formula is C11H22ClN3O2. The highest BCUT2D eigenvalue weighted by Gasteiger charge is 2.26. The zero-order valence-corrected chi connectivity index (χ0v) is 11.0. The highest BCUT2D eigenvalue weighted by molar-refractivity contribution is 5.85. The summed E-state index contributed by atoms with van der Waals surface area (Å²) in [7, 11) is 0. The quantitative estimate of drug-likeness (QED) is 0.405. The summed E-state index contributed by atoms with van der Waals surface area (Å²) in [5.41, 5.74) is 5.22. The molecule has 0 bridgehead atoms. The summed E-state index contributed by atoms with van der Waals surface area (Å²) in [6, 6.07) is 0. The van der Waals surface area contributed by atoms with Crippen LogP contribution in [0.4, 0.5) is 0 Å². The van der Waals surface area contributed by atoms with E-state index in [0.29, 0.717) is 12.5 Å². The molecule has 0 aromatic rings. The van der Waals surface area contributed by atoms with Crippen molar-refractivity contribution in [2.45, 2.75) is 32.6 Å². The first kappa shape index (κ1) is 16.0. The molecule has 1 saturated carbocycles. The van der Waals surface area contributed by atoms with Crippen molar-refractivity contribution in [2.75, 3.05) is 13.2 Å². The van der Waals surface area contributed by atoms with E-state index in [4.69, 9.17) is 15.9 Å². The Morgan fingerprint density at radius 1 is 1.41 bits per heavy atom. The van der Waals surface area contributed by atoms with Crippen LogP contribution in [-0.4, -0.2) is 25.1 Å². The average molecular weight is 264 g/mol. The number of rotatable bonds is 4. The largest absolute Gasteiger partial charge is 0.466 e. The fourth-order valence-electron chi connectivity index (χ4n) is 2.12. The Labute approximate surface area is 108 Å². The Balaban J connectivity index is 0.00000256. The molecule has 100 valence electrons. The molecule has 5 nitrogen and oxygen atoms in total. The van der Waals surface area contributed by atoms with Gasteiger partial charge in [-0.2, -0.15) is 0 Å². The van der Waals surface area contributed by atoms with Gasteiger partial charge in [0.2, 0.25) is 0 Å². The van der Waals surface area contributed by atoms with E-state index in [2.05, 4.69) is 5.32 Å². The summed E-state index contributed by atoms with van der Waals surface area (Å²) in [5, 5.41) is 9.90. The summed E-state index contributed by atoms with van der Waals surface area (Å²) in [4.78, 5) is 11.5. The second kappa shape index (κ2) is 8.17. The Kier molecular flexibility index (Phi) is 7.70. The van der Waals surface area contributed by atoms with E-state index in [1.54, 1.807) is 0 Å². The lowest BCUT2D eigenvalue weighted by atomic mass is 9.82. The molecule has 1 aliphatic carbocycles. The van der Waals surface area contributed by atoms with Crippen LogP contribution in [0.1, 0.15) is 32.6 Å². The maximum absolute atomic E-state index is 11.5. The summed E-state index contributed by atoms with van der Waals surface area (Å²) >= 11 is 0. The van der Waals surface area contributed by atoms with Crippen LogP contribution in [0.3, 0.4) is 0 Å². The van der Waals surface area contributed by atoms with E-state index >= 15 is 0 Å². The van der Waals surface area contributed by atoms with Gasteiger partial charge in [-0.15, -0.1) is 12.4 Å². The van der Waals surface area contributed by atoms with Crippen molar-refractivity contribution in [3.8, 4) is 0 Å². The molecule has 17 heavy (non-hydrogen) atoms. The number of ether oxygens (including phenoxy) is 1. The average Bonchev–Trinajstić information content (AvgIpc) is 2.27. The first-order chi connectivity index (χ1) is 7.63. The number of halogens is 1. The molecule has 0 heterocycles. The van der Waals surface area contributed by atoms with Crippen LogP contribution in [0.5, 0.6) is 0 Å². The molecule has 0 aromatic heterocycles. The third-order valence-electron chi connectivity index (χ3n) is 3.05. The van der Waals surface area contributed by atoms with Gasteiger partial charge in [0.15, 0.2) is 5.96 Å². The summed E-state index contributed by atoms with van der Waals surface area (Å²) < 4.78 is 5.01. The van der Waals surface area contributed by atoms with Gasteiger partial charge >= 0.3 is 5.97 Å². The first-order valence-corrected chi connectivity index (χ1v) is 5.88. The van der Waals surface area contributed by atoms with Crippen molar-refractivity contribution in [1.82, 2.24) is 5.32 Å². The molecule has 6 heteroatoms. The van der Waals surface area contributed by atoms with Crippen LogP contribution in [0.15, 0.2) is 0 Å². The van der Waals surface area contributed by atoms with Gasteiger partial charge in [0.25, 0.3) is 0 Å². The fraction of sp³-hybridized carbons (Fsp3) is 0.818. The number of esters is 1. The monoisotopic (exact) mass is 263 g/mol. The Morgan fingerprint density at radius 3 is 2.47 bits per heavy atom. The molecule has 1 rings (SSSR count). The fourth-order valence-corrected chi connectivity index (χ4v) is 2.12. The van der Waals surface area contributed by atoms with E-state index in [1.807, 2.05) is 6.92 Å². The van der Waals surface area contributed by atoms with Crippen LogP contribution in [0, 0.1) is 17.2 Å². The summed E-state index contributed by atoms with van der Waals surface area (Å²) in [6.07, 6.45) is 3.79. The first-order valence-electron chi connectivity index (χ1n) is 5.88. The van der Waals surface area contributed by atoms with Crippen molar-refractivity contribution in [3.05, 3.63) is 0 Å². The molecule has 0 radical (unpaired) electrons. The predicted molar refractivity (Wildman–Crippen MR) is 69.2 cm³/mol. The molecule has 0 aliphatic heterocycles. The smallest absolute Gasteiger partial charge is 0.308 e. The van der Waals surface area contributed by atoms with Crippen LogP contribution in [0.25, 0.3) is 0 Å². The minimum absolute atomic E-state index is 0. The normalized spacial score (nSPS) is 23.4. The highest BCUT2D eigenvalue weighted by atomic mass is 35.5. The molecule has 4 N–H and O–H groups in total. The maximum atomic E-state index is 11.5. The second-order valence-corrected chi connectivity index (χ2v) is 4.26. The minimum Gasteiger partial charge on any atom is -0.466 e. The summed E-state index contributed by atoms with van der Waals surface area (Å²) in [5.74, 6) is 0.566. The van der Waals surface area contributed by atoms with Gasteiger partial charge < -0.3 is 15.8 Å². The Bertz CT molecular complexity index is 253. The van der Waals surface area contributed by atoms with Gasteiger partial charge in [-0.25, -0.2) is 0 Å². The SMILES string of the molecule is CCOC(=O)[C@H]1CC[C@H](CNC(=N)N)CC1.Cl. The van der Waals surface area contributed by atoms with Crippen molar-refractivity contribution in [2.24, 2.45) is 17.6 Å². The lowest BCUT2D eigenvalue weighted by Gasteiger charge is -2.27. The third-order valence-corrected chi connectivity index (χ3v) is 3.05. The van der Waals surface area contributed by atoms with Crippen molar-refractivity contribution < 1.29 is 9.53 Å². The number of nitrogens with one attached hydrogen (secondary N) is 2. The molecule has 0 aromatic carbocycles. The van der Waals surface area contributed by atoms with Crippen molar-refractivity contribution >= 4 is 24.3 Å². The zero-order chi connectivity index (χ0) is 12.0. The standard InChI is InChI=1S/C11H21N3O2.ClH/c1-2-16-10(15)9-5-3-8(4-6-9)7-14-11(12)13;/h8-9H,2-7H2,1H3,(H4,12,13,14);1H/t8-,9-;. The number of carbonyl (C=O) groups is 1. The molecule has 1 aliphatic rings.